The van der Waals surface area contributed by atoms with E-state index in [1.54, 1.807) is 0 Å². The van der Waals surface area contributed by atoms with Crippen LogP contribution in [0.15, 0.2) is 0 Å². The molecule has 16 heavy (non-hydrogen) atoms. The Hall–Kier alpha value is -0.730. The second kappa shape index (κ2) is 5.07. The quantitative estimate of drug-likeness (QED) is 0.785. The van der Waals surface area contributed by atoms with Gasteiger partial charge in [0.15, 0.2) is 0 Å². The van der Waals surface area contributed by atoms with E-state index < -0.39 is 5.60 Å². The monoisotopic (exact) mass is 227 g/mol. The molecule has 0 aromatic heterocycles. The summed E-state index contributed by atoms with van der Waals surface area (Å²) in [5.41, 5.74) is -0.403. The van der Waals surface area contributed by atoms with Crippen LogP contribution >= 0.6 is 0 Å². The van der Waals surface area contributed by atoms with E-state index in [9.17, 15) is 4.79 Å². The van der Waals surface area contributed by atoms with Crippen LogP contribution in [0.4, 0.5) is 4.79 Å². The number of alkyl carbamates (subject to hydrolysis) is 1. The lowest BCUT2D eigenvalue weighted by molar-refractivity contribution is 0.0504. The molecule has 0 radical (unpaired) electrons. The average molecular weight is 227 g/mol. The molecule has 0 unspecified atom stereocenters. The first-order chi connectivity index (χ1) is 7.28. The van der Waals surface area contributed by atoms with Gasteiger partial charge >= 0.3 is 6.09 Å². The van der Waals surface area contributed by atoms with E-state index in [0.29, 0.717) is 12.0 Å². The molecule has 3 heteroatoms. The lowest BCUT2D eigenvalue weighted by atomic mass is 9.94. The third-order valence-corrected chi connectivity index (χ3v) is 3.14. The molecule has 1 amide bonds. The SMILES string of the molecule is CC(C)[C@H]1CC[C@@H](NC(=O)OC(C)(C)C)C1. The maximum absolute atomic E-state index is 11.6. The molecule has 1 N–H and O–H groups in total. The minimum absolute atomic E-state index is 0.276. The third-order valence-electron chi connectivity index (χ3n) is 3.14. The van der Waals surface area contributed by atoms with Crippen molar-refractivity contribution in [3.05, 3.63) is 0 Å². The minimum atomic E-state index is -0.403. The zero-order valence-electron chi connectivity index (χ0n) is 11.2. The van der Waals surface area contributed by atoms with E-state index in [1.165, 1.54) is 6.42 Å². The fraction of sp³-hybridized carbons (Fsp3) is 0.923. The Balaban J connectivity index is 2.32. The van der Waals surface area contributed by atoms with E-state index in [2.05, 4.69) is 19.2 Å². The van der Waals surface area contributed by atoms with E-state index in [-0.39, 0.29) is 6.09 Å². The van der Waals surface area contributed by atoms with Gasteiger partial charge in [0.25, 0.3) is 0 Å². The highest BCUT2D eigenvalue weighted by molar-refractivity contribution is 5.68. The van der Waals surface area contributed by atoms with Crippen molar-refractivity contribution in [3.8, 4) is 0 Å². The van der Waals surface area contributed by atoms with Crippen molar-refractivity contribution in [2.75, 3.05) is 0 Å². The molecule has 0 aliphatic heterocycles. The maximum atomic E-state index is 11.6. The van der Waals surface area contributed by atoms with E-state index in [1.807, 2.05) is 20.8 Å². The second-order valence-corrected chi connectivity index (χ2v) is 6.16. The van der Waals surface area contributed by atoms with Crippen LogP contribution in [-0.2, 0) is 4.74 Å². The number of carbonyl (C=O) groups is 1. The number of rotatable bonds is 2. The van der Waals surface area contributed by atoms with Crippen molar-refractivity contribution in [1.29, 1.82) is 0 Å². The molecule has 0 saturated heterocycles. The first-order valence-electron chi connectivity index (χ1n) is 6.27. The first-order valence-corrected chi connectivity index (χ1v) is 6.27. The topological polar surface area (TPSA) is 38.3 Å². The molecule has 1 fully saturated rings. The fourth-order valence-electron chi connectivity index (χ4n) is 2.23. The Kier molecular flexibility index (Phi) is 4.22. The van der Waals surface area contributed by atoms with Crippen molar-refractivity contribution < 1.29 is 9.53 Å². The van der Waals surface area contributed by atoms with Crippen molar-refractivity contribution in [2.24, 2.45) is 11.8 Å². The second-order valence-electron chi connectivity index (χ2n) is 6.16. The van der Waals surface area contributed by atoms with Crippen LogP contribution in [-0.4, -0.2) is 17.7 Å². The summed E-state index contributed by atoms with van der Waals surface area (Å²) in [5.74, 6) is 1.46. The molecule has 0 aromatic rings. The molecule has 94 valence electrons. The summed E-state index contributed by atoms with van der Waals surface area (Å²) < 4.78 is 5.25. The summed E-state index contributed by atoms with van der Waals surface area (Å²) in [6, 6.07) is 0.308. The molecule has 0 bridgehead atoms. The van der Waals surface area contributed by atoms with Crippen LogP contribution in [0, 0.1) is 11.8 Å². The van der Waals surface area contributed by atoms with Gasteiger partial charge in [0.2, 0.25) is 0 Å². The Morgan fingerprint density at radius 3 is 2.38 bits per heavy atom. The van der Waals surface area contributed by atoms with Gasteiger partial charge in [-0.05, 0) is 51.9 Å². The third kappa shape index (κ3) is 4.42. The van der Waals surface area contributed by atoms with Crippen molar-refractivity contribution >= 4 is 6.09 Å². The number of ether oxygens (including phenoxy) is 1. The standard InChI is InChI=1S/C13H25NO2/c1-9(2)10-6-7-11(8-10)14-12(15)16-13(3,4)5/h9-11H,6-8H2,1-5H3,(H,14,15)/t10-,11+/m0/s1. The summed E-state index contributed by atoms with van der Waals surface area (Å²) in [7, 11) is 0. The van der Waals surface area contributed by atoms with Crippen molar-refractivity contribution in [3.63, 3.8) is 0 Å². The molecule has 1 aliphatic carbocycles. The molecule has 1 rings (SSSR count). The van der Waals surface area contributed by atoms with Crippen LogP contribution in [0.1, 0.15) is 53.9 Å². The van der Waals surface area contributed by atoms with Crippen LogP contribution in [0.5, 0.6) is 0 Å². The number of hydrogen-bond donors (Lipinski definition) is 1. The van der Waals surface area contributed by atoms with Gasteiger partial charge in [-0.15, -0.1) is 0 Å². The summed E-state index contributed by atoms with van der Waals surface area (Å²) >= 11 is 0. The Bertz CT molecular complexity index is 243. The summed E-state index contributed by atoms with van der Waals surface area (Å²) in [4.78, 5) is 11.6. The number of nitrogens with one attached hydrogen (secondary N) is 1. The highest BCUT2D eigenvalue weighted by Gasteiger charge is 2.28. The van der Waals surface area contributed by atoms with E-state index in [0.717, 1.165) is 18.8 Å². The molecule has 0 spiro atoms. The Morgan fingerprint density at radius 2 is 1.94 bits per heavy atom. The fourth-order valence-corrected chi connectivity index (χ4v) is 2.23. The maximum Gasteiger partial charge on any atom is 0.407 e. The highest BCUT2D eigenvalue weighted by atomic mass is 16.6. The largest absolute Gasteiger partial charge is 0.444 e. The molecular weight excluding hydrogens is 202 g/mol. The van der Waals surface area contributed by atoms with Crippen molar-refractivity contribution in [2.45, 2.75) is 65.5 Å². The van der Waals surface area contributed by atoms with Crippen LogP contribution in [0.2, 0.25) is 0 Å². The lowest BCUT2D eigenvalue weighted by Gasteiger charge is -2.22. The smallest absolute Gasteiger partial charge is 0.407 e. The van der Waals surface area contributed by atoms with Gasteiger partial charge in [0.1, 0.15) is 5.60 Å². The van der Waals surface area contributed by atoms with Gasteiger partial charge < -0.3 is 10.1 Å². The molecule has 1 saturated carbocycles. The van der Waals surface area contributed by atoms with Gasteiger partial charge in [-0.3, -0.25) is 0 Å². The zero-order chi connectivity index (χ0) is 12.3. The minimum Gasteiger partial charge on any atom is -0.444 e. The number of amides is 1. The Labute approximate surface area is 98.9 Å². The van der Waals surface area contributed by atoms with E-state index >= 15 is 0 Å². The molecule has 0 heterocycles. The molecule has 2 atom stereocenters. The van der Waals surface area contributed by atoms with Crippen LogP contribution < -0.4 is 5.32 Å². The van der Waals surface area contributed by atoms with Gasteiger partial charge in [-0.25, -0.2) is 4.79 Å². The first kappa shape index (κ1) is 13.3. The summed E-state index contributed by atoms with van der Waals surface area (Å²) in [6.07, 6.45) is 3.12. The number of carbonyl (C=O) groups excluding carboxylic acids is 1. The summed E-state index contributed by atoms with van der Waals surface area (Å²) in [6.45, 7) is 10.2. The number of hydrogen-bond acceptors (Lipinski definition) is 2. The normalized spacial score (nSPS) is 25.9. The predicted molar refractivity (Wildman–Crippen MR) is 65.3 cm³/mol. The van der Waals surface area contributed by atoms with Crippen LogP contribution in [0.3, 0.4) is 0 Å². The predicted octanol–water partition coefficient (Wildman–Crippen LogP) is 3.34. The molecule has 3 nitrogen and oxygen atoms in total. The lowest BCUT2D eigenvalue weighted by Crippen LogP contribution is -2.38. The zero-order valence-corrected chi connectivity index (χ0v) is 11.2. The van der Waals surface area contributed by atoms with Gasteiger partial charge in [-0.1, -0.05) is 13.8 Å². The van der Waals surface area contributed by atoms with Crippen LogP contribution in [0.25, 0.3) is 0 Å². The Morgan fingerprint density at radius 1 is 1.31 bits per heavy atom. The van der Waals surface area contributed by atoms with E-state index in [4.69, 9.17) is 4.74 Å². The molecule has 0 aromatic carbocycles. The summed E-state index contributed by atoms with van der Waals surface area (Å²) in [5, 5.41) is 2.96. The molecule has 1 aliphatic rings. The van der Waals surface area contributed by atoms with Gasteiger partial charge in [-0.2, -0.15) is 0 Å². The van der Waals surface area contributed by atoms with Crippen molar-refractivity contribution in [1.82, 2.24) is 5.32 Å². The average Bonchev–Trinajstić information content (AvgIpc) is 2.48. The molecular formula is C13H25NO2. The van der Waals surface area contributed by atoms with Gasteiger partial charge in [0, 0.05) is 6.04 Å². The van der Waals surface area contributed by atoms with Gasteiger partial charge in [0.05, 0.1) is 0 Å². The highest BCUT2D eigenvalue weighted by Crippen LogP contribution is 2.31.